The summed E-state index contributed by atoms with van der Waals surface area (Å²) in [5.74, 6) is 0.498. The van der Waals surface area contributed by atoms with Crippen LogP contribution >= 0.6 is 17.0 Å². The van der Waals surface area contributed by atoms with Crippen molar-refractivity contribution in [1.82, 2.24) is 0 Å². The Morgan fingerprint density at radius 1 is 0.871 bits per heavy atom. The molecule has 0 N–H and O–H groups in total. The first-order chi connectivity index (χ1) is 15.1. The molecule has 0 heterocycles. The van der Waals surface area contributed by atoms with Crippen LogP contribution in [0.3, 0.4) is 0 Å². The molecule has 31 heavy (non-hydrogen) atoms. The van der Waals surface area contributed by atoms with Crippen LogP contribution in [0, 0.1) is 5.92 Å². The third-order valence-electron chi connectivity index (χ3n) is 6.52. The molecule has 0 aromatic heterocycles. The molecule has 0 saturated heterocycles. The van der Waals surface area contributed by atoms with Gasteiger partial charge in [0.1, 0.15) is 0 Å². The Labute approximate surface area is 202 Å². The van der Waals surface area contributed by atoms with Crippen LogP contribution in [0.4, 0.5) is 0 Å². The number of hydrogen-bond donors (Lipinski definition) is 0. The minimum absolute atomic E-state index is 0.258. The predicted octanol–water partition coefficient (Wildman–Crippen LogP) is 9.38. The summed E-state index contributed by atoms with van der Waals surface area (Å²) >= 11 is -2.55. The van der Waals surface area contributed by atoms with Crippen LogP contribution < -0.4 is 0 Å². The quantitative estimate of drug-likeness (QED) is 0.287. The van der Waals surface area contributed by atoms with E-state index in [-0.39, 0.29) is 3.63 Å². The van der Waals surface area contributed by atoms with Crippen molar-refractivity contribution in [1.29, 1.82) is 0 Å². The van der Waals surface area contributed by atoms with E-state index in [4.69, 9.17) is 17.0 Å². The summed E-state index contributed by atoms with van der Waals surface area (Å²) in [7, 11) is 13.5. The Hall–Kier alpha value is -1.14. The molecule has 0 amide bonds. The van der Waals surface area contributed by atoms with Crippen LogP contribution in [-0.4, -0.2) is 0 Å². The second-order valence-electron chi connectivity index (χ2n) is 8.44. The molecule has 0 fully saturated rings. The molecule has 2 atom stereocenters. The van der Waals surface area contributed by atoms with Gasteiger partial charge >= 0.3 is 203 Å². The van der Waals surface area contributed by atoms with E-state index in [1.54, 1.807) is 0 Å². The fraction of sp³-hybridized carbons (Fsp3) is 0.286. The molecule has 3 aromatic rings. The van der Waals surface area contributed by atoms with Crippen molar-refractivity contribution < 1.29 is 19.4 Å². The maximum absolute atomic E-state index is 6.76. The Morgan fingerprint density at radius 3 is 2.19 bits per heavy atom. The molecule has 0 radical (unpaired) electrons. The number of hydrogen-bond acceptors (Lipinski definition) is 0. The predicted molar refractivity (Wildman–Crippen MR) is 133 cm³/mol. The molecule has 0 spiro atoms. The average molecular weight is 528 g/mol. The Bertz CT molecular complexity index is 1090. The summed E-state index contributed by atoms with van der Waals surface area (Å²) in [4.78, 5) is 0. The first-order valence-corrected chi connectivity index (χ1v) is 19.0. The van der Waals surface area contributed by atoms with Crippen molar-refractivity contribution in [3.05, 3.63) is 89.0 Å². The van der Waals surface area contributed by atoms with Crippen molar-refractivity contribution in [2.24, 2.45) is 5.92 Å². The Kier molecular flexibility index (Phi) is 7.58. The fourth-order valence-electron chi connectivity index (χ4n) is 4.79. The molecular formula is C28H29Cl2Zr. The van der Waals surface area contributed by atoms with Gasteiger partial charge in [-0.25, -0.2) is 0 Å². The Morgan fingerprint density at radius 2 is 1.55 bits per heavy atom. The molecule has 0 aliphatic heterocycles. The molecule has 0 saturated carbocycles. The van der Waals surface area contributed by atoms with Gasteiger partial charge < -0.3 is 0 Å². The number of aryl methyl sites for hydroxylation is 1. The van der Waals surface area contributed by atoms with E-state index >= 15 is 0 Å². The Balaban J connectivity index is 2.00. The van der Waals surface area contributed by atoms with Crippen molar-refractivity contribution in [3.8, 4) is 22.3 Å². The van der Waals surface area contributed by atoms with E-state index < -0.39 is 19.4 Å². The number of halogens is 2. The van der Waals surface area contributed by atoms with E-state index in [1.165, 1.54) is 44.5 Å². The molecular weight excluding hydrogens is 498 g/mol. The average Bonchev–Trinajstić information content (AvgIpc) is 3.19. The van der Waals surface area contributed by atoms with Gasteiger partial charge in [0.05, 0.1) is 0 Å². The van der Waals surface area contributed by atoms with Gasteiger partial charge in [-0.1, -0.05) is 0 Å². The third-order valence-corrected chi connectivity index (χ3v) is 11.8. The van der Waals surface area contributed by atoms with E-state index in [9.17, 15) is 0 Å². The maximum atomic E-state index is 6.76. The van der Waals surface area contributed by atoms with Crippen molar-refractivity contribution in [3.63, 3.8) is 0 Å². The standard InChI is InChI=1S/C28H29.2ClH.Zr/c1-4-11-22-16-17-23-18-24(20(3)5-2)19-27(23)28(22)26-15-10-9-14-25(26)21-12-7-6-8-13-21;;;/h6-10,12-20H,4-5,11H2,1-3H3;2*1H;/q;;;+2/p-2. The monoisotopic (exact) mass is 525 g/mol. The number of fused-ring (bicyclic) bond motifs is 1. The molecule has 159 valence electrons. The van der Waals surface area contributed by atoms with E-state index in [2.05, 4.69) is 93.6 Å². The van der Waals surface area contributed by atoms with Gasteiger partial charge in [0.25, 0.3) is 0 Å². The molecule has 1 aliphatic carbocycles. The third kappa shape index (κ3) is 4.52. The molecule has 3 heteroatoms. The van der Waals surface area contributed by atoms with Crippen LogP contribution in [0.5, 0.6) is 0 Å². The zero-order chi connectivity index (χ0) is 22.0. The van der Waals surface area contributed by atoms with Crippen LogP contribution in [0.25, 0.3) is 28.3 Å². The van der Waals surface area contributed by atoms with Crippen LogP contribution in [0.15, 0.2) is 72.3 Å². The molecule has 2 unspecified atom stereocenters. The zero-order valence-corrected chi connectivity index (χ0v) is 22.4. The van der Waals surface area contributed by atoms with Crippen molar-refractivity contribution in [2.45, 2.75) is 43.7 Å². The van der Waals surface area contributed by atoms with Gasteiger partial charge in [0.15, 0.2) is 0 Å². The minimum atomic E-state index is -2.55. The van der Waals surface area contributed by atoms with Crippen molar-refractivity contribution in [2.75, 3.05) is 0 Å². The van der Waals surface area contributed by atoms with E-state index in [0.717, 1.165) is 19.3 Å². The van der Waals surface area contributed by atoms with Crippen LogP contribution in [-0.2, 0) is 25.8 Å². The van der Waals surface area contributed by atoms with E-state index in [1.807, 2.05) is 0 Å². The normalized spacial score (nSPS) is 16.0. The number of rotatable bonds is 7. The number of benzene rings is 3. The topological polar surface area (TPSA) is 0 Å². The summed E-state index contributed by atoms with van der Waals surface area (Å²) in [6.45, 7) is 6.83. The summed E-state index contributed by atoms with van der Waals surface area (Å²) in [5.41, 5.74) is 10.8. The van der Waals surface area contributed by atoms with E-state index in [0.29, 0.717) is 5.92 Å². The van der Waals surface area contributed by atoms with Crippen molar-refractivity contribution >= 4 is 23.1 Å². The first kappa shape index (κ1) is 23.0. The van der Waals surface area contributed by atoms with Crippen LogP contribution in [0.2, 0.25) is 0 Å². The second kappa shape index (κ2) is 10.2. The molecule has 0 nitrogen and oxygen atoms in total. The van der Waals surface area contributed by atoms with Gasteiger partial charge in [0, 0.05) is 0 Å². The zero-order valence-electron chi connectivity index (χ0n) is 18.5. The first-order valence-electron chi connectivity index (χ1n) is 11.3. The second-order valence-corrected chi connectivity index (χ2v) is 17.2. The molecule has 0 bridgehead atoms. The summed E-state index contributed by atoms with van der Waals surface area (Å²) in [6, 6.07) is 24.2. The summed E-state index contributed by atoms with van der Waals surface area (Å²) in [5, 5.41) is 0. The van der Waals surface area contributed by atoms with Gasteiger partial charge in [0.2, 0.25) is 0 Å². The van der Waals surface area contributed by atoms with Gasteiger partial charge in [-0.15, -0.1) is 0 Å². The molecule has 3 aromatic carbocycles. The molecule has 1 aliphatic rings. The summed E-state index contributed by atoms with van der Waals surface area (Å²) in [6.07, 6.45) is 5.74. The SMILES string of the molecule is CCCc1ccc2c(c1-c1ccccc1-c1ccccc1)C=C(C(C)CC)[CH]2[Zr]([Cl])[Cl]. The van der Waals surface area contributed by atoms with Gasteiger partial charge in [-0.3, -0.25) is 0 Å². The molecule has 4 rings (SSSR count). The summed E-state index contributed by atoms with van der Waals surface area (Å²) < 4.78 is 0.258. The van der Waals surface area contributed by atoms with Gasteiger partial charge in [-0.2, -0.15) is 0 Å². The van der Waals surface area contributed by atoms with Gasteiger partial charge in [-0.05, 0) is 0 Å². The number of allylic oxidation sites excluding steroid dienone is 1. The fourth-order valence-corrected chi connectivity index (χ4v) is 10.4. The van der Waals surface area contributed by atoms with Crippen LogP contribution in [0.1, 0.15) is 53.9 Å².